The minimum Gasteiger partial charge on any atom is -0.380 e. The molecular formula is C18H29NO5S2. The van der Waals surface area contributed by atoms with Gasteiger partial charge in [0, 0.05) is 37.0 Å². The number of nitrogens with one attached hydrogen (secondary N) is 1. The lowest BCUT2D eigenvalue weighted by Crippen LogP contribution is -2.66. The van der Waals surface area contributed by atoms with Crippen molar-refractivity contribution in [3.05, 3.63) is 18.2 Å². The molecule has 0 amide bonds. The third-order valence-corrected chi connectivity index (χ3v) is 8.10. The van der Waals surface area contributed by atoms with Gasteiger partial charge in [-0.3, -0.25) is 0 Å². The fourth-order valence-electron chi connectivity index (χ4n) is 4.42. The van der Waals surface area contributed by atoms with Crippen LogP contribution < -0.4 is 5.32 Å². The number of anilines is 1. The van der Waals surface area contributed by atoms with Gasteiger partial charge in [0.2, 0.25) is 0 Å². The Morgan fingerprint density at radius 2 is 1.65 bits per heavy atom. The monoisotopic (exact) mass is 403 g/mol. The molecule has 1 aromatic rings. The summed E-state index contributed by atoms with van der Waals surface area (Å²) in [6.07, 6.45) is 4.07. The summed E-state index contributed by atoms with van der Waals surface area (Å²) in [5, 5.41) is 3.39. The lowest BCUT2D eigenvalue weighted by molar-refractivity contribution is -0.150. The van der Waals surface area contributed by atoms with Crippen molar-refractivity contribution in [1.29, 1.82) is 0 Å². The smallest absolute Gasteiger partial charge is 0.177 e. The van der Waals surface area contributed by atoms with Crippen molar-refractivity contribution >= 4 is 25.4 Å². The topological polar surface area (TPSA) is 89.5 Å². The second-order valence-corrected chi connectivity index (χ2v) is 11.3. The zero-order valence-electron chi connectivity index (χ0n) is 16.2. The van der Waals surface area contributed by atoms with Crippen LogP contribution in [0.5, 0.6) is 0 Å². The minimum atomic E-state index is -3.59. The lowest BCUT2D eigenvalue weighted by atomic mass is 9.53. The Balaban J connectivity index is 2.50. The molecule has 148 valence electrons. The molecule has 0 aromatic heterocycles. The summed E-state index contributed by atoms with van der Waals surface area (Å²) in [5.74, 6) is 0.210. The molecule has 3 unspecified atom stereocenters. The Bertz CT molecular complexity index is 873. The second kappa shape index (κ2) is 7.13. The largest absolute Gasteiger partial charge is 0.380 e. The maximum atomic E-state index is 12.3. The van der Waals surface area contributed by atoms with E-state index in [-0.39, 0.29) is 33.3 Å². The van der Waals surface area contributed by atoms with Crippen LogP contribution in [-0.2, 0) is 24.4 Å². The second-order valence-electron chi connectivity index (χ2n) is 7.28. The van der Waals surface area contributed by atoms with Crippen molar-refractivity contribution in [2.45, 2.75) is 55.5 Å². The minimum absolute atomic E-state index is 0.00264. The van der Waals surface area contributed by atoms with Gasteiger partial charge in [0.05, 0.1) is 21.6 Å². The van der Waals surface area contributed by atoms with Gasteiger partial charge in [0.1, 0.15) is 0 Å². The summed E-state index contributed by atoms with van der Waals surface area (Å²) in [6, 6.07) is 4.29. The number of benzene rings is 1. The number of rotatable bonds is 7. The highest BCUT2D eigenvalue weighted by Gasteiger charge is 2.58. The van der Waals surface area contributed by atoms with Crippen LogP contribution in [0.2, 0.25) is 0 Å². The molecule has 1 aliphatic carbocycles. The van der Waals surface area contributed by atoms with Crippen LogP contribution in [0, 0.1) is 11.3 Å². The summed E-state index contributed by atoms with van der Waals surface area (Å²) in [6.45, 7) is 6.31. The van der Waals surface area contributed by atoms with E-state index < -0.39 is 19.7 Å². The first-order chi connectivity index (χ1) is 11.9. The van der Waals surface area contributed by atoms with Gasteiger partial charge in [-0.15, -0.1) is 0 Å². The summed E-state index contributed by atoms with van der Waals surface area (Å²) in [4.78, 5) is 0.00625. The summed E-state index contributed by atoms with van der Waals surface area (Å²) >= 11 is 0. The molecule has 3 atom stereocenters. The molecule has 26 heavy (non-hydrogen) atoms. The van der Waals surface area contributed by atoms with Gasteiger partial charge in [-0.2, -0.15) is 0 Å². The molecule has 1 saturated carbocycles. The van der Waals surface area contributed by atoms with E-state index in [2.05, 4.69) is 26.1 Å². The van der Waals surface area contributed by atoms with Crippen molar-refractivity contribution in [2.24, 2.45) is 11.3 Å². The first-order valence-corrected chi connectivity index (χ1v) is 12.5. The van der Waals surface area contributed by atoms with Crippen molar-refractivity contribution in [1.82, 2.24) is 0 Å². The maximum Gasteiger partial charge on any atom is 0.177 e. The van der Waals surface area contributed by atoms with E-state index in [0.717, 1.165) is 25.4 Å². The molecule has 0 aliphatic heterocycles. The van der Waals surface area contributed by atoms with Gasteiger partial charge < -0.3 is 10.1 Å². The third kappa shape index (κ3) is 3.51. The Morgan fingerprint density at radius 3 is 2.08 bits per heavy atom. The van der Waals surface area contributed by atoms with Crippen LogP contribution in [0.15, 0.2) is 28.0 Å². The quantitative estimate of drug-likeness (QED) is 0.753. The first kappa shape index (κ1) is 21.2. The van der Waals surface area contributed by atoms with Crippen LogP contribution in [0.25, 0.3) is 0 Å². The van der Waals surface area contributed by atoms with Gasteiger partial charge >= 0.3 is 0 Å². The third-order valence-electron chi connectivity index (χ3n) is 5.85. The highest BCUT2D eigenvalue weighted by molar-refractivity contribution is 7.91. The number of hydrogen-bond donors (Lipinski definition) is 1. The predicted molar refractivity (Wildman–Crippen MR) is 103 cm³/mol. The highest BCUT2D eigenvalue weighted by Crippen LogP contribution is 2.53. The predicted octanol–water partition coefficient (Wildman–Crippen LogP) is 2.75. The number of methoxy groups -OCH3 is 1. The molecule has 8 heteroatoms. The van der Waals surface area contributed by atoms with Gasteiger partial charge in [0.25, 0.3) is 0 Å². The molecule has 1 fully saturated rings. The van der Waals surface area contributed by atoms with Crippen LogP contribution in [0.4, 0.5) is 5.69 Å². The molecule has 0 saturated heterocycles. The van der Waals surface area contributed by atoms with Crippen molar-refractivity contribution in [3.8, 4) is 0 Å². The lowest BCUT2D eigenvalue weighted by Gasteiger charge is -2.60. The first-order valence-electron chi connectivity index (χ1n) is 8.75. The average Bonchev–Trinajstić information content (AvgIpc) is 2.55. The maximum absolute atomic E-state index is 12.3. The van der Waals surface area contributed by atoms with Crippen molar-refractivity contribution in [3.63, 3.8) is 0 Å². The Morgan fingerprint density at radius 1 is 1.08 bits per heavy atom. The molecule has 1 N–H and O–H groups in total. The molecule has 0 spiro atoms. The zero-order chi connectivity index (χ0) is 19.9. The van der Waals surface area contributed by atoms with E-state index in [1.165, 1.54) is 12.1 Å². The Labute approximate surface area is 157 Å². The summed E-state index contributed by atoms with van der Waals surface area (Å²) in [7, 11) is -5.37. The summed E-state index contributed by atoms with van der Waals surface area (Å²) in [5.41, 5.74) is 0.357. The van der Waals surface area contributed by atoms with Crippen molar-refractivity contribution in [2.75, 3.05) is 24.9 Å². The summed E-state index contributed by atoms with van der Waals surface area (Å²) < 4.78 is 53.8. The molecule has 1 aliphatic rings. The Kier molecular flexibility index (Phi) is 5.81. The van der Waals surface area contributed by atoms with E-state index in [0.29, 0.717) is 5.69 Å². The van der Waals surface area contributed by atoms with Gasteiger partial charge in [0.15, 0.2) is 19.7 Å². The van der Waals surface area contributed by atoms with Crippen LogP contribution in [0.1, 0.15) is 33.6 Å². The van der Waals surface area contributed by atoms with Crippen LogP contribution >= 0.6 is 0 Å². The van der Waals surface area contributed by atoms with E-state index in [9.17, 15) is 16.8 Å². The number of ether oxygens (including phenoxy) is 1. The van der Waals surface area contributed by atoms with E-state index in [4.69, 9.17) is 4.74 Å². The molecule has 6 nitrogen and oxygen atoms in total. The molecule has 0 bridgehead atoms. The molecule has 0 radical (unpaired) electrons. The standard InChI is InChI=1S/C18H29NO5S2/c1-7-18(8-2)16(12(3)17(18)24-4)19-14-10-9-13(25(5,20)21)11-15(14)26(6,22)23/h9-12,16-17,19H,7-8H2,1-6H3. The van der Waals surface area contributed by atoms with Gasteiger partial charge in [-0.05, 0) is 31.0 Å². The highest BCUT2D eigenvalue weighted by atomic mass is 32.2. The zero-order valence-corrected chi connectivity index (χ0v) is 17.9. The normalized spacial score (nSPS) is 25.5. The SMILES string of the molecule is CCC1(CC)C(Nc2ccc(S(C)(=O)=O)cc2S(C)(=O)=O)C(C)C1OC. The fraction of sp³-hybridized carbons (Fsp3) is 0.667. The molecular weight excluding hydrogens is 374 g/mol. The van der Waals surface area contributed by atoms with E-state index >= 15 is 0 Å². The average molecular weight is 404 g/mol. The molecule has 2 rings (SSSR count). The Hall–Kier alpha value is -1.12. The van der Waals surface area contributed by atoms with E-state index in [1.807, 2.05) is 0 Å². The van der Waals surface area contributed by atoms with Crippen LogP contribution in [0.3, 0.4) is 0 Å². The van der Waals surface area contributed by atoms with Gasteiger partial charge in [-0.1, -0.05) is 20.8 Å². The molecule has 0 heterocycles. The fourth-order valence-corrected chi connectivity index (χ4v) is 6.01. The number of sulfone groups is 2. The molecule has 1 aromatic carbocycles. The van der Waals surface area contributed by atoms with Crippen molar-refractivity contribution < 1.29 is 21.6 Å². The van der Waals surface area contributed by atoms with Gasteiger partial charge in [-0.25, -0.2) is 16.8 Å². The van der Waals surface area contributed by atoms with Crippen LogP contribution in [-0.4, -0.2) is 48.6 Å². The number of hydrogen-bond acceptors (Lipinski definition) is 6. The van der Waals surface area contributed by atoms with E-state index in [1.54, 1.807) is 13.2 Å².